The molecule has 108 valence electrons. The van der Waals surface area contributed by atoms with Crippen molar-refractivity contribution >= 4 is 11.6 Å². The van der Waals surface area contributed by atoms with Gasteiger partial charge in [-0.3, -0.25) is 4.79 Å². The summed E-state index contributed by atoms with van der Waals surface area (Å²) in [5, 5.41) is 2.99. The van der Waals surface area contributed by atoms with E-state index >= 15 is 0 Å². The molecule has 2 aromatic carbocycles. The van der Waals surface area contributed by atoms with Crippen LogP contribution in [-0.4, -0.2) is 5.91 Å². The zero-order chi connectivity index (χ0) is 15.0. The van der Waals surface area contributed by atoms with Crippen LogP contribution in [0.3, 0.4) is 0 Å². The Kier molecular flexibility index (Phi) is 3.54. The highest BCUT2D eigenvalue weighted by molar-refractivity contribution is 6.03. The molecule has 1 heterocycles. The molecule has 0 spiro atoms. The lowest BCUT2D eigenvalue weighted by Crippen LogP contribution is -2.14. The van der Waals surface area contributed by atoms with Gasteiger partial charge in [-0.25, -0.2) is 0 Å². The van der Waals surface area contributed by atoms with Crippen molar-refractivity contribution in [3.8, 4) is 0 Å². The van der Waals surface area contributed by atoms with Crippen molar-refractivity contribution < 1.29 is 4.79 Å². The lowest BCUT2D eigenvalue weighted by molar-refractivity contribution is -0.117. The third kappa shape index (κ3) is 2.71. The molecule has 0 saturated carbocycles. The van der Waals surface area contributed by atoms with Crippen LogP contribution >= 0.6 is 0 Å². The van der Waals surface area contributed by atoms with Gasteiger partial charge in [0.2, 0.25) is 5.91 Å². The van der Waals surface area contributed by atoms with Crippen molar-refractivity contribution in [3.05, 3.63) is 64.7 Å². The molecule has 0 aromatic heterocycles. The molecule has 0 fully saturated rings. The van der Waals surface area contributed by atoms with Crippen molar-refractivity contribution in [3.63, 3.8) is 0 Å². The predicted molar refractivity (Wildman–Crippen MR) is 86.8 cm³/mol. The summed E-state index contributed by atoms with van der Waals surface area (Å²) in [5.74, 6) is 0.588. The summed E-state index contributed by atoms with van der Waals surface area (Å²) in [4.78, 5) is 12.2. The van der Waals surface area contributed by atoms with Gasteiger partial charge in [-0.05, 0) is 42.0 Å². The van der Waals surface area contributed by atoms with Crippen molar-refractivity contribution in [2.24, 2.45) is 0 Å². The number of carbonyl (C=O) groups is 1. The average molecular weight is 279 g/mol. The molecule has 2 nitrogen and oxygen atoms in total. The van der Waals surface area contributed by atoms with Crippen molar-refractivity contribution in [2.75, 3.05) is 5.32 Å². The molecule has 1 amide bonds. The number of aryl methyl sites for hydroxylation is 1. The van der Waals surface area contributed by atoms with Gasteiger partial charge in [0.05, 0.1) is 5.92 Å². The monoisotopic (exact) mass is 279 g/mol. The number of hydrogen-bond acceptors (Lipinski definition) is 1. The highest BCUT2D eigenvalue weighted by Crippen LogP contribution is 2.35. The molecule has 1 aliphatic rings. The summed E-state index contributed by atoms with van der Waals surface area (Å²) < 4.78 is 0. The van der Waals surface area contributed by atoms with Gasteiger partial charge >= 0.3 is 0 Å². The first-order valence-corrected chi connectivity index (χ1v) is 7.55. The van der Waals surface area contributed by atoms with Gasteiger partial charge in [0.1, 0.15) is 0 Å². The third-order valence-corrected chi connectivity index (χ3v) is 4.24. The van der Waals surface area contributed by atoms with Crippen LogP contribution in [0.25, 0.3) is 0 Å². The quantitative estimate of drug-likeness (QED) is 0.886. The summed E-state index contributed by atoms with van der Waals surface area (Å²) in [6, 6.07) is 14.8. The minimum absolute atomic E-state index is 0.0650. The smallest absolute Gasteiger partial charge is 0.232 e. The van der Waals surface area contributed by atoms with E-state index in [4.69, 9.17) is 0 Å². The Morgan fingerprint density at radius 3 is 2.48 bits per heavy atom. The molecule has 1 unspecified atom stereocenters. The van der Waals surface area contributed by atoms with Gasteiger partial charge in [-0.15, -0.1) is 0 Å². The van der Waals surface area contributed by atoms with Gasteiger partial charge < -0.3 is 5.32 Å². The van der Waals surface area contributed by atoms with Crippen molar-refractivity contribution in [2.45, 2.75) is 39.0 Å². The van der Waals surface area contributed by atoms with Crippen LogP contribution in [0.4, 0.5) is 5.69 Å². The number of hydrogen-bond donors (Lipinski definition) is 1. The Hall–Kier alpha value is -2.09. The summed E-state index contributed by atoms with van der Waals surface area (Å²) in [6.07, 6.45) is 0.765. The first-order chi connectivity index (χ1) is 10.0. The molecule has 21 heavy (non-hydrogen) atoms. The zero-order valence-corrected chi connectivity index (χ0v) is 12.8. The molecule has 0 saturated heterocycles. The zero-order valence-electron chi connectivity index (χ0n) is 12.8. The molecule has 1 atom stereocenters. The van der Waals surface area contributed by atoms with E-state index in [1.165, 1.54) is 16.7 Å². The maximum atomic E-state index is 12.2. The number of amides is 1. The van der Waals surface area contributed by atoms with E-state index in [0.29, 0.717) is 5.92 Å². The number of fused-ring (bicyclic) bond motifs is 1. The second-order valence-corrected chi connectivity index (χ2v) is 6.23. The molecular weight excluding hydrogens is 258 g/mol. The van der Waals surface area contributed by atoms with Crippen LogP contribution in [0.15, 0.2) is 42.5 Å². The number of carbonyl (C=O) groups excluding carboxylic acids is 1. The van der Waals surface area contributed by atoms with Crippen molar-refractivity contribution in [1.82, 2.24) is 0 Å². The molecule has 0 aliphatic carbocycles. The summed E-state index contributed by atoms with van der Waals surface area (Å²) in [6.45, 7) is 6.45. The summed E-state index contributed by atoms with van der Waals surface area (Å²) >= 11 is 0. The van der Waals surface area contributed by atoms with Gasteiger partial charge in [0.15, 0.2) is 0 Å². The van der Waals surface area contributed by atoms with Crippen molar-refractivity contribution in [1.29, 1.82) is 0 Å². The maximum Gasteiger partial charge on any atom is 0.232 e. The van der Waals surface area contributed by atoms with E-state index in [0.717, 1.165) is 17.7 Å². The molecule has 1 aliphatic heterocycles. The van der Waals surface area contributed by atoms with Crippen LogP contribution in [0.1, 0.15) is 47.9 Å². The standard InChI is InChI=1S/C19H21NO/c1-12(2)15-7-5-14(6-8-15)11-17-16-10-13(3)4-9-18(16)20-19(17)21/h4-10,12,17H,11H2,1-3H3,(H,20,21). The second-order valence-electron chi connectivity index (χ2n) is 6.23. The lowest BCUT2D eigenvalue weighted by Gasteiger charge is -2.11. The van der Waals surface area contributed by atoms with Gasteiger partial charge in [0, 0.05) is 5.69 Å². The number of rotatable bonds is 3. The number of nitrogens with one attached hydrogen (secondary N) is 1. The lowest BCUT2D eigenvalue weighted by atomic mass is 9.91. The minimum Gasteiger partial charge on any atom is -0.325 e. The third-order valence-electron chi connectivity index (χ3n) is 4.24. The Labute approximate surface area is 126 Å². The van der Waals surface area contributed by atoms with Gasteiger partial charge in [-0.2, -0.15) is 0 Å². The van der Waals surface area contributed by atoms with E-state index in [2.05, 4.69) is 56.4 Å². The van der Waals surface area contributed by atoms with E-state index < -0.39 is 0 Å². The fraction of sp³-hybridized carbons (Fsp3) is 0.316. The molecule has 3 rings (SSSR count). The van der Waals surface area contributed by atoms with Crippen LogP contribution in [0, 0.1) is 6.92 Å². The van der Waals surface area contributed by atoms with Crippen LogP contribution in [0.2, 0.25) is 0 Å². The SMILES string of the molecule is Cc1ccc2c(c1)C(Cc1ccc(C(C)C)cc1)C(=O)N2. The van der Waals surface area contributed by atoms with Crippen LogP contribution in [0.5, 0.6) is 0 Å². The maximum absolute atomic E-state index is 12.2. The molecule has 0 radical (unpaired) electrons. The van der Waals surface area contributed by atoms with Crippen LogP contribution < -0.4 is 5.32 Å². The fourth-order valence-corrected chi connectivity index (χ4v) is 2.92. The molecule has 1 N–H and O–H groups in total. The van der Waals surface area contributed by atoms with Crippen LogP contribution in [-0.2, 0) is 11.2 Å². The van der Waals surface area contributed by atoms with E-state index in [-0.39, 0.29) is 11.8 Å². The fourth-order valence-electron chi connectivity index (χ4n) is 2.92. The van der Waals surface area contributed by atoms with E-state index in [1.807, 2.05) is 12.1 Å². The average Bonchev–Trinajstić information content (AvgIpc) is 2.76. The molecule has 2 aromatic rings. The Balaban J connectivity index is 1.85. The first kappa shape index (κ1) is 13.9. The summed E-state index contributed by atoms with van der Waals surface area (Å²) in [7, 11) is 0. The topological polar surface area (TPSA) is 29.1 Å². The Bertz CT molecular complexity index is 670. The first-order valence-electron chi connectivity index (χ1n) is 7.55. The Morgan fingerprint density at radius 1 is 1.10 bits per heavy atom. The highest BCUT2D eigenvalue weighted by Gasteiger charge is 2.30. The van der Waals surface area contributed by atoms with Gasteiger partial charge in [0.25, 0.3) is 0 Å². The van der Waals surface area contributed by atoms with Gasteiger partial charge in [-0.1, -0.05) is 55.8 Å². The Morgan fingerprint density at radius 2 is 1.81 bits per heavy atom. The molecular formula is C19H21NO. The number of anilines is 1. The van der Waals surface area contributed by atoms with E-state index in [9.17, 15) is 4.79 Å². The minimum atomic E-state index is -0.0650. The molecule has 2 heteroatoms. The molecule has 0 bridgehead atoms. The predicted octanol–water partition coefficient (Wildman–Crippen LogP) is 4.40. The van der Waals surface area contributed by atoms with E-state index in [1.54, 1.807) is 0 Å². The largest absolute Gasteiger partial charge is 0.325 e. The summed E-state index contributed by atoms with van der Waals surface area (Å²) in [5.41, 5.74) is 5.85. The highest BCUT2D eigenvalue weighted by atomic mass is 16.2. The number of benzene rings is 2. The second kappa shape index (κ2) is 5.36. The normalized spacial score (nSPS) is 17.0.